The third kappa shape index (κ3) is 4.39. The molecule has 0 N–H and O–H groups in total. The molecule has 0 aromatic carbocycles. The standard InChI is InChI=1S/C15H23NO2/c1-13(17)7-8-15-12-16(9-10-18-15)11-14-5-3-2-4-6-14/h3,5-6,15H,2,4,7-12H2,1H3. The third-order valence-corrected chi connectivity index (χ3v) is 3.52. The summed E-state index contributed by atoms with van der Waals surface area (Å²) in [6, 6.07) is 0. The second kappa shape index (κ2) is 6.86. The van der Waals surface area contributed by atoms with Crippen LogP contribution in [0.5, 0.6) is 0 Å². The molecular weight excluding hydrogens is 226 g/mol. The molecule has 18 heavy (non-hydrogen) atoms. The minimum absolute atomic E-state index is 0.232. The normalized spacial score (nSPS) is 24.9. The molecule has 0 amide bonds. The van der Waals surface area contributed by atoms with Crippen LogP contribution in [0.15, 0.2) is 23.8 Å². The summed E-state index contributed by atoms with van der Waals surface area (Å²) in [4.78, 5) is 13.4. The van der Waals surface area contributed by atoms with Crippen molar-refractivity contribution >= 4 is 5.78 Å². The first-order valence-electron chi connectivity index (χ1n) is 6.93. The van der Waals surface area contributed by atoms with Crippen LogP contribution < -0.4 is 0 Å². The van der Waals surface area contributed by atoms with Crippen molar-refractivity contribution in [2.45, 2.75) is 38.7 Å². The van der Waals surface area contributed by atoms with Gasteiger partial charge in [0, 0.05) is 26.1 Å². The minimum Gasteiger partial charge on any atom is -0.376 e. The van der Waals surface area contributed by atoms with Crippen molar-refractivity contribution in [2.24, 2.45) is 0 Å². The van der Waals surface area contributed by atoms with Crippen LogP contribution >= 0.6 is 0 Å². The van der Waals surface area contributed by atoms with Crippen LogP contribution in [0.3, 0.4) is 0 Å². The van der Waals surface area contributed by atoms with Gasteiger partial charge < -0.3 is 9.53 Å². The lowest BCUT2D eigenvalue weighted by Gasteiger charge is -2.33. The zero-order valence-corrected chi connectivity index (χ0v) is 11.2. The Morgan fingerprint density at radius 3 is 3.11 bits per heavy atom. The molecule has 0 aromatic rings. The number of hydrogen-bond acceptors (Lipinski definition) is 3. The van der Waals surface area contributed by atoms with E-state index in [1.165, 1.54) is 18.4 Å². The first-order chi connectivity index (χ1) is 8.74. The number of hydrogen-bond donors (Lipinski definition) is 0. The molecule has 2 aliphatic rings. The van der Waals surface area contributed by atoms with E-state index in [2.05, 4.69) is 23.1 Å². The van der Waals surface area contributed by atoms with Gasteiger partial charge in [-0.15, -0.1) is 0 Å². The van der Waals surface area contributed by atoms with Gasteiger partial charge in [0.25, 0.3) is 0 Å². The van der Waals surface area contributed by atoms with Crippen LogP contribution in [0.2, 0.25) is 0 Å². The van der Waals surface area contributed by atoms with Crippen molar-refractivity contribution in [2.75, 3.05) is 26.2 Å². The van der Waals surface area contributed by atoms with Gasteiger partial charge in [0.05, 0.1) is 12.7 Å². The Kier molecular flexibility index (Phi) is 5.14. The second-order valence-corrected chi connectivity index (χ2v) is 5.23. The fourth-order valence-electron chi connectivity index (χ4n) is 2.51. The second-order valence-electron chi connectivity index (χ2n) is 5.23. The summed E-state index contributed by atoms with van der Waals surface area (Å²) in [5, 5.41) is 0. The minimum atomic E-state index is 0.232. The van der Waals surface area contributed by atoms with E-state index in [0.29, 0.717) is 6.42 Å². The van der Waals surface area contributed by atoms with Gasteiger partial charge in [-0.2, -0.15) is 0 Å². The van der Waals surface area contributed by atoms with Gasteiger partial charge in [-0.3, -0.25) is 4.90 Å². The van der Waals surface area contributed by atoms with Crippen LogP contribution in [0.25, 0.3) is 0 Å². The summed E-state index contributed by atoms with van der Waals surface area (Å²) in [6.07, 6.45) is 10.9. The third-order valence-electron chi connectivity index (χ3n) is 3.52. The Balaban J connectivity index is 1.77. The van der Waals surface area contributed by atoms with E-state index in [-0.39, 0.29) is 11.9 Å². The predicted octanol–water partition coefficient (Wildman–Crippen LogP) is 2.33. The van der Waals surface area contributed by atoms with Crippen LogP contribution in [-0.2, 0) is 9.53 Å². The van der Waals surface area contributed by atoms with Crippen LogP contribution in [-0.4, -0.2) is 43.0 Å². The maximum Gasteiger partial charge on any atom is 0.129 e. The Hall–Kier alpha value is -0.930. The van der Waals surface area contributed by atoms with E-state index < -0.39 is 0 Å². The SMILES string of the molecule is CC(=O)CCC1CN(CC2=CCCC=C2)CCO1. The molecule has 1 heterocycles. The Morgan fingerprint density at radius 2 is 2.39 bits per heavy atom. The van der Waals surface area contributed by atoms with E-state index in [0.717, 1.165) is 32.7 Å². The highest BCUT2D eigenvalue weighted by Gasteiger charge is 2.20. The number of ketones is 1. The number of nitrogens with zero attached hydrogens (tertiary/aromatic N) is 1. The predicted molar refractivity (Wildman–Crippen MR) is 72.6 cm³/mol. The number of ether oxygens (including phenoxy) is 1. The number of carbonyl (C=O) groups is 1. The number of morpholine rings is 1. The van der Waals surface area contributed by atoms with Crippen molar-refractivity contribution in [3.8, 4) is 0 Å². The molecule has 3 heteroatoms. The molecule has 3 nitrogen and oxygen atoms in total. The lowest BCUT2D eigenvalue weighted by atomic mass is 10.1. The lowest BCUT2D eigenvalue weighted by molar-refractivity contribution is -0.118. The topological polar surface area (TPSA) is 29.5 Å². The molecule has 0 saturated carbocycles. The van der Waals surface area contributed by atoms with Crippen LogP contribution in [0.1, 0.15) is 32.6 Å². The maximum atomic E-state index is 11.0. The van der Waals surface area contributed by atoms with Crippen molar-refractivity contribution in [1.29, 1.82) is 0 Å². The Morgan fingerprint density at radius 1 is 1.50 bits per heavy atom. The van der Waals surface area contributed by atoms with E-state index in [1.807, 2.05) is 0 Å². The molecule has 1 aliphatic heterocycles. The summed E-state index contributed by atoms with van der Waals surface area (Å²) in [5.74, 6) is 0.258. The molecule has 2 rings (SSSR count). The summed E-state index contributed by atoms with van der Waals surface area (Å²) < 4.78 is 5.72. The number of allylic oxidation sites excluding steroid dienone is 2. The van der Waals surface area contributed by atoms with Gasteiger partial charge in [0.2, 0.25) is 0 Å². The molecule has 0 aromatic heterocycles. The van der Waals surface area contributed by atoms with Crippen LogP contribution in [0.4, 0.5) is 0 Å². The first kappa shape index (κ1) is 13.5. The van der Waals surface area contributed by atoms with Gasteiger partial charge >= 0.3 is 0 Å². The zero-order chi connectivity index (χ0) is 12.8. The number of Topliss-reactive ketones (excluding diaryl/α,β-unsaturated/α-hetero) is 1. The molecule has 0 bridgehead atoms. The fourth-order valence-corrected chi connectivity index (χ4v) is 2.51. The molecule has 0 spiro atoms. The van der Waals surface area contributed by atoms with Gasteiger partial charge in [0.1, 0.15) is 5.78 Å². The van der Waals surface area contributed by atoms with Crippen molar-refractivity contribution in [1.82, 2.24) is 4.90 Å². The largest absolute Gasteiger partial charge is 0.376 e. The summed E-state index contributed by atoms with van der Waals surface area (Å²) >= 11 is 0. The summed E-state index contributed by atoms with van der Waals surface area (Å²) in [7, 11) is 0. The van der Waals surface area contributed by atoms with E-state index in [4.69, 9.17) is 4.74 Å². The molecular formula is C15H23NO2. The highest BCUT2D eigenvalue weighted by atomic mass is 16.5. The maximum absolute atomic E-state index is 11.0. The lowest BCUT2D eigenvalue weighted by Crippen LogP contribution is -2.43. The van der Waals surface area contributed by atoms with Crippen molar-refractivity contribution in [3.05, 3.63) is 23.8 Å². The van der Waals surface area contributed by atoms with Gasteiger partial charge in [-0.25, -0.2) is 0 Å². The van der Waals surface area contributed by atoms with Crippen molar-refractivity contribution in [3.63, 3.8) is 0 Å². The number of rotatable bonds is 5. The molecule has 1 aliphatic carbocycles. The molecule has 1 unspecified atom stereocenters. The highest BCUT2D eigenvalue weighted by Crippen LogP contribution is 2.15. The van der Waals surface area contributed by atoms with Crippen LogP contribution in [0, 0.1) is 0 Å². The van der Waals surface area contributed by atoms with E-state index in [9.17, 15) is 4.79 Å². The average molecular weight is 249 g/mol. The first-order valence-corrected chi connectivity index (χ1v) is 6.93. The summed E-state index contributed by atoms with van der Waals surface area (Å²) in [6.45, 7) is 5.43. The molecule has 1 fully saturated rings. The molecule has 1 atom stereocenters. The summed E-state index contributed by atoms with van der Waals surface area (Å²) in [5.41, 5.74) is 1.42. The molecule has 100 valence electrons. The number of carbonyl (C=O) groups excluding carboxylic acids is 1. The smallest absolute Gasteiger partial charge is 0.129 e. The fraction of sp³-hybridized carbons (Fsp3) is 0.667. The molecule has 0 radical (unpaired) electrons. The van der Waals surface area contributed by atoms with Gasteiger partial charge in [-0.05, 0) is 31.8 Å². The highest BCUT2D eigenvalue weighted by molar-refractivity contribution is 5.75. The Bertz CT molecular complexity index is 346. The quantitative estimate of drug-likeness (QED) is 0.749. The van der Waals surface area contributed by atoms with Gasteiger partial charge in [0.15, 0.2) is 0 Å². The van der Waals surface area contributed by atoms with Gasteiger partial charge in [-0.1, -0.05) is 18.2 Å². The zero-order valence-electron chi connectivity index (χ0n) is 11.2. The molecule has 1 saturated heterocycles. The monoisotopic (exact) mass is 249 g/mol. The Labute approximate surface area is 109 Å². The average Bonchev–Trinajstić information content (AvgIpc) is 2.38. The van der Waals surface area contributed by atoms with E-state index >= 15 is 0 Å². The van der Waals surface area contributed by atoms with Crippen molar-refractivity contribution < 1.29 is 9.53 Å². The van der Waals surface area contributed by atoms with E-state index in [1.54, 1.807) is 6.92 Å².